The lowest BCUT2D eigenvalue weighted by Gasteiger charge is -2.38. The number of rotatable bonds is 4. The zero-order valence-corrected chi connectivity index (χ0v) is 13.0. The maximum Gasteiger partial charge on any atom is 0.401 e. The van der Waals surface area contributed by atoms with Crippen LogP contribution in [0.2, 0.25) is 0 Å². The Kier molecular flexibility index (Phi) is 6.32. The van der Waals surface area contributed by atoms with Gasteiger partial charge in [-0.3, -0.25) is 4.90 Å². The second-order valence-corrected chi connectivity index (χ2v) is 6.49. The highest BCUT2D eigenvalue weighted by Crippen LogP contribution is 2.25. The Morgan fingerprint density at radius 2 is 1.57 bits per heavy atom. The molecular weight excluding hydrogens is 279 g/mol. The number of hydrogen-bond donors (Lipinski definition) is 1. The van der Waals surface area contributed by atoms with E-state index in [-0.39, 0.29) is 0 Å². The zero-order chi connectivity index (χ0) is 15.3. The summed E-state index contributed by atoms with van der Waals surface area (Å²) in [6, 6.07) is 0.570. The van der Waals surface area contributed by atoms with Crippen molar-refractivity contribution >= 4 is 0 Å². The van der Waals surface area contributed by atoms with Crippen LogP contribution in [-0.4, -0.2) is 68.3 Å². The van der Waals surface area contributed by atoms with Crippen LogP contribution in [0.4, 0.5) is 13.2 Å². The maximum atomic E-state index is 12.4. The van der Waals surface area contributed by atoms with Crippen LogP contribution in [0, 0.1) is 5.92 Å². The predicted octanol–water partition coefficient (Wildman–Crippen LogP) is 2.33. The largest absolute Gasteiger partial charge is 0.401 e. The monoisotopic (exact) mass is 307 g/mol. The molecule has 2 atom stereocenters. The van der Waals surface area contributed by atoms with Crippen molar-refractivity contribution < 1.29 is 13.2 Å². The van der Waals surface area contributed by atoms with Crippen LogP contribution < -0.4 is 5.32 Å². The highest BCUT2D eigenvalue weighted by Gasteiger charge is 2.33. The van der Waals surface area contributed by atoms with Crippen LogP contribution in [0.3, 0.4) is 0 Å². The summed E-state index contributed by atoms with van der Waals surface area (Å²) in [5, 5.41) is 3.44. The standard InChI is InChI=1S/C15H28F3N3/c1-19-14-6-4-2-3-5-13(14)11-20-7-9-21(10-8-20)12-15(16,17)18/h13-14,19H,2-12H2,1H3. The number of halogens is 3. The van der Waals surface area contributed by atoms with Crippen molar-refractivity contribution in [1.82, 2.24) is 15.1 Å². The van der Waals surface area contributed by atoms with Gasteiger partial charge in [-0.25, -0.2) is 0 Å². The van der Waals surface area contributed by atoms with Gasteiger partial charge in [-0.05, 0) is 25.8 Å². The normalized spacial score (nSPS) is 30.3. The molecule has 1 heterocycles. The summed E-state index contributed by atoms with van der Waals surface area (Å²) in [5.74, 6) is 0.645. The molecule has 3 nitrogen and oxygen atoms in total. The Balaban J connectivity index is 1.76. The van der Waals surface area contributed by atoms with Gasteiger partial charge in [-0.15, -0.1) is 0 Å². The van der Waals surface area contributed by atoms with Gasteiger partial charge in [0, 0.05) is 38.8 Å². The number of nitrogens with one attached hydrogen (secondary N) is 1. The second kappa shape index (κ2) is 7.79. The molecule has 0 aromatic rings. The SMILES string of the molecule is CNC1CCCCCC1CN1CCN(CC(F)(F)F)CC1. The number of alkyl halides is 3. The van der Waals surface area contributed by atoms with E-state index in [0.29, 0.717) is 25.0 Å². The van der Waals surface area contributed by atoms with Gasteiger partial charge in [0.15, 0.2) is 0 Å². The van der Waals surface area contributed by atoms with Gasteiger partial charge in [-0.2, -0.15) is 13.2 Å². The quantitative estimate of drug-likeness (QED) is 0.804. The molecule has 0 aromatic heterocycles. The molecular formula is C15H28F3N3. The second-order valence-electron chi connectivity index (χ2n) is 6.49. The van der Waals surface area contributed by atoms with E-state index >= 15 is 0 Å². The predicted molar refractivity (Wildman–Crippen MR) is 78.4 cm³/mol. The Labute approximate surface area is 125 Å². The molecule has 1 saturated heterocycles. The molecule has 1 aliphatic carbocycles. The Morgan fingerprint density at radius 1 is 0.952 bits per heavy atom. The molecule has 1 saturated carbocycles. The van der Waals surface area contributed by atoms with Crippen LogP contribution in [0.1, 0.15) is 32.1 Å². The summed E-state index contributed by atoms with van der Waals surface area (Å²) in [6.07, 6.45) is 2.30. The van der Waals surface area contributed by atoms with Crippen molar-refractivity contribution in [3.05, 3.63) is 0 Å². The molecule has 6 heteroatoms. The molecule has 0 radical (unpaired) electrons. The van der Waals surface area contributed by atoms with E-state index in [9.17, 15) is 13.2 Å². The molecule has 0 amide bonds. The Morgan fingerprint density at radius 3 is 2.19 bits per heavy atom. The number of piperazine rings is 1. The summed E-state index contributed by atoms with van der Waals surface area (Å²) in [7, 11) is 2.03. The molecule has 21 heavy (non-hydrogen) atoms. The highest BCUT2D eigenvalue weighted by atomic mass is 19.4. The van der Waals surface area contributed by atoms with Crippen molar-refractivity contribution in [2.24, 2.45) is 5.92 Å². The van der Waals surface area contributed by atoms with Crippen LogP contribution in [0.15, 0.2) is 0 Å². The lowest BCUT2D eigenvalue weighted by Crippen LogP contribution is -2.51. The molecule has 124 valence electrons. The Hall–Kier alpha value is -0.330. The van der Waals surface area contributed by atoms with Crippen LogP contribution in [0.25, 0.3) is 0 Å². The van der Waals surface area contributed by atoms with Gasteiger partial charge in [0.2, 0.25) is 0 Å². The van der Waals surface area contributed by atoms with Gasteiger partial charge in [0.05, 0.1) is 6.54 Å². The Bertz CT molecular complexity index is 301. The van der Waals surface area contributed by atoms with Crippen LogP contribution in [0.5, 0.6) is 0 Å². The molecule has 2 fully saturated rings. The molecule has 2 rings (SSSR count). The minimum Gasteiger partial charge on any atom is -0.317 e. The van der Waals surface area contributed by atoms with Crippen molar-refractivity contribution in [3.63, 3.8) is 0 Å². The van der Waals surface area contributed by atoms with Crippen molar-refractivity contribution in [2.75, 3.05) is 46.3 Å². The first kappa shape index (κ1) is 17.0. The van der Waals surface area contributed by atoms with E-state index in [2.05, 4.69) is 10.2 Å². The van der Waals surface area contributed by atoms with E-state index in [0.717, 1.165) is 19.6 Å². The summed E-state index contributed by atoms with van der Waals surface area (Å²) in [4.78, 5) is 3.88. The third-order valence-corrected chi connectivity index (χ3v) is 4.89. The van der Waals surface area contributed by atoms with E-state index in [4.69, 9.17) is 0 Å². The summed E-state index contributed by atoms with van der Waals surface area (Å²) in [6.45, 7) is 2.88. The van der Waals surface area contributed by atoms with E-state index in [1.54, 1.807) is 0 Å². The zero-order valence-electron chi connectivity index (χ0n) is 13.0. The highest BCUT2D eigenvalue weighted by molar-refractivity contribution is 4.83. The van der Waals surface area contributed by atoms with Gasteiger partial charge in [0.1, 0.15) is 0 Å². The fraction of sp³-hybridized carbons (Fsp3) is 1.00. The third-order valence-electron chi connectivity index (χ3n) is 4.89. The maximum absolute atomic E-state index is 12.4. The summed E-state index contributed by atoms with van der Waals surface area (Å²) >= 11 is 0. The van der Waals surface area contributed by atoms with Gasteiger partial charge in [0.25, 0.3) is 0 Å². The first-order chi connectivity index (χ1) is 9.98. The van der Waals surface area contributed by atoms with E-state index in [1.165, 1.54) is 37.0 Å². The molecule has 2 aliphatic rings. The fourth-order valence-electron chi connectivity index (χ4n) is 3.70. The van der Waals surface area contributed by atoms with Gasteiger partial charge >= 0.3 is 6.18 Å². The average Bonchev–Trinajstić information content (AvgIpc) is 2.64. The van der Waals surface area contributed by atoms with E-state index in [1.807, 2.05) is 7.05 Å². The number of hydrogen-bond acceptors (Lipinski definition) is 3. The average molecular weight is 307 g/mol. The van der Waals surface area contributed by atoms with Crippen LogP contribution in [-0.2, 0) is 0 Å². The van der Waals surface area contributed by atoms with Crippen molar-refractivity contribution in [3.8, 4) is 0 Å². The summed E-state index contributed by atoms with van der Waals surface area (Å²) in [5.41, 5.74) is 0. The molecule has 1 aliphatic heterocycles. The van der Waals surface area contributed by atoms with E-state index < -0.39 is 12.7 Å². The lowest BCUT2D eigenvalue weighted by molar-refractivity contribution is -0.149. The fourth-order valence-corrected chi connectivity index (χ4v) is 3.70. The lowest BCUT2D eigenvalue weighted by atomic mass is 9.94. The van der Waals surface area contributed by atoms with Gasteiger partial charge in [-0.1, -0.05) is 19.3 Å². The van der Waals surface area contributed by atoms with Crippen LogP contribution >= 0.6 is 0 Å². The molecule has 1 N–H and O–H groups in total. The topological polar surface area (TPSA) is 18.5 Å². The molecule has 0 spiro atoms. The summed E-state index contributed by atoms with van der Waals surface area (Å²) < 4.78 is 37.2. The molecule has 0 aromatic carbocycles. The third kappa shape index (κ3) is 5.75. The van der Waals surface area contributed by atoms with Crippen molar-refractivity contribution in [2.45, 2.75) is 44.3 Å². The van der Waals surface area contributed by atoms with Gasteiger partial charge < -0.3 is 10.2 Å². The smallest absolute Gasteiger partial charge is 0.317 e. The minimum atomic E-state index is -4.07. The number of nitrogens with zero attached hydrogens (tertiary/aromatic N) is 2. The van der Waals surface area contributed by atoms with Crippen molar-refractivity contribution in [1.29, 1.82) is 0 Å². The minimum absolute atomic E-state index is 0.538. The molecule has 0 bridgehead atoms. The molecule has 2 unspecified atom stereocenters. The first-order valence-electron chi connectivity index (χ1n) is 8.16. The first-order valence-corrected chi connectivity index (χ1v) is 8.16.